The lowest BCUT2D eigenvalue weighted by Crippen LogP contribution is -2.37. The average molecular weight is 438 g/mol. The molecule has 0 amide bonds. The summed E-state index contributed by atoms with van der Waals surface area (Å²) in [5, 5.41) is 2.20. The molecule has 1 aromatic carbocycles. The molecule has 1 N–H and O–H groups in total. The molecule has 160 valence electrons. The van der Waals surface area contributed by atoms with Crippen molar-refractivity contribution in [3.8, 4) is 5.75 Å². The minimum Gasteiger partial charge on any atom is -0.497 e. The highest BCUT2D eigenvalue weighted by atomic mass is 32.2. The lowest BCUT2D eigenvalue weighted by Gasteiger charge is -2.35. The maximum atomic E-state index is 9.19. The average Bonchev–Trinajstić information content (AvgIpc) is 3.35. The number of hydrogen-bond acceptors (Lipinski definition) is 5. The zero-order chi connectivity index (χ0) is 20.9. The van der Waals surface area contributed by atoms with Gasteiger partial charge in [-0.05, 0) is 85.7 Å². The predicted molar refractivity (Wildman–Crippen MR) is 119 cm³/mol. The van der Waals surface area contributed by atoms with E-state index in [4.69, 9.17) is 9.29 Å². The zero-order valence-electron chi connectivity index (χ0n) is 17.2. The van der Waals surface area contributed by atoms with Gasteiger partial charge in [0, 0.05) is 17.5 Å². The second kappa shape index (κ2) is 10.1. The van der Waals surface area contributed by atoms with E-state index in [2.05, 4.69) is 40.6 Å². The van der Waals surface area contributed by atoms with Crippen molar-refractivity contribution in [3.05, 3.63) is 51.7 Å². The van der Waals surface area contributed by atoms with Crippen LogP contribution in [0.2, 0.25) is 0 Å². The molecular formula is C22H31NO4S2. The molecule has 7 heteroatoms. The highest BCUT2D eigenvalue weighted by molar-refractivity contribution is 7.85. The molecule has 2 aromatic rings. The van der Waals surface area contributed by atoms with Crippen LogP contribution in [0.1, 0.15) is 47.6 Å². The van der Waals surface area contributed by atoms with Crippen LogP contribution in [0.3, 0.4) is 0 Å². The van der Waals surface area contributed by atoms with Crippen LogP contribution >= 0.6 is 11.3 Å². The Hall–Kier alpha value is -1.41. The number of nitrogens with zero attached hydrogens (tertiary/aromatic N) is 1. The third-order valence-corrected chi connectivity index (χ3v) is 6.75. The largest absolute Gasteiger partial charge is 0.497 e. The SMILES string of the molecule is COc1ccc2c(c1)CCCC2C1CCCN1CCc1cccs1.CS(=O)(=O)O. The summed E-state index contributed by atoms with van der Waals surface area (Å²) < 4.78 is 31.3. The lowest BCUT2D eigenvalue weighted by atomic mass is 9.78. The third kappa shape index (κ3) is 6.54. The van der Waals surface area contributed by atoms with Gasteiger partial charge < -0.3 is 4.74 Å². The molecule has 2 aliphatic rings. The van der Waals surface area contributed by atoms with E-state index in [1.54, 1.807) is 12.7 Å². The number of likely N-dealkylation sites (tertiary alicyclic amines) is 1. The lowest BCUT2D eigenvalue weighted by molar-refractivity contribution is 0.215. The maximum absolute atomic E-state index is 9.19. The monoisotopic (exact) mass is 437 g/mol. The molecule has 1 aromatic heterocycles. The number of rotatable bonds is 5. The fraction of sp³-hybridized carbons (Fsp3) is 0.545. The van der Waals surface area contributed by atoms with Crippen molar-refractivity contribution in [3.63, 3.8) is 0 Å². The molecule has 0 spiro atoms. The molecule has 4 rings (SSSR count). The molecule has 2 unspecified atom stereocenters. The molecule has 1 aliphatic carbocycles. The van der Waals surface area contributed by atoms with Crippen molar-refractivity contribution in [1.29, 1.82) is 0 Å². The number of fused-ring (bicyclic) bond motifs is 1. The minimum atomic E-state index is -3.67. The van der Waals surface area contributed by atoms with Gasteiger partial charge in [0.25, 0.3) is 10.1 Å². The molecule has 0 bridgehead atoms. The number of aryl methyl sites for hydroxylation is 1. The molecule has 29 heavy (non-hydrogen) atoms. The summed E-state index contributed by atoms with van der Waals surface area (Å²) in [6.45, 7) is 2.49. The fourth-order valence-electron chi connectivity index (χ4n) is 4.65. The van der Waals surface area contributed by atoms with Crippen molar-refractivity contribution in [2.75, 3.05) is 26.5 Å². The van der Waals surface area contributed by atoms with Crippen LogP contribution in [0, 0.1) is 0 Å². The molecule has 1 saturated heterocycles. The van der Waals surface area contributed by atoms with Gasteiger partial charge in [-0.1, -0.05) is 12.1 Å². The van der Waals surface area contributed by atoms with E-state index < -0.39 is 10.1 Å². The molecule has 1 aliphatic heterocycles. The molecule has 0 radical (unpaired) electrons. The van der Waals surface area contributed by atoms with Gasteiger partial charge in [-0.3, -0.25) is 9.45 Å². The van der Waals surface area contributed by atoms with Crippen LogP contribution in [0.5, 0.6) is 5.75 Å². The Balaban J connectivity index is 0.000000431. The van der Waals surface area contributed by atoms with E-state index in [9.17, 15) is 8.42 Å². The van der Waals surface area contributed by atoms with Gasteiger partial charge in [0.15, 0.2) is 0 Å². The summed E-state index contributed by atoms with van der Waals surface area (Å²) >= 11 is 1.90. The topological polar surface area (TPSA) is 66.8 Å². The highest BCUT2D eigenvalue weighted by Crippen LogP contribution is 2.40. The Bertz CT molecular complexity index is 872. The van der Waals surface area contributed by atoms with E-state index in [0.29, 0.717) is 12.2 Å². The van der Waals surface area contributed by atoms with Gasteiger partial charge in [-0.15, -0.1) is 11.3 Å². The van der Waals surface area contributed by atoms with Crippen LogP contribution in [-0.2, 0) is 23.0 Å². The smallest absolute Gasteiger partial charge is 0.261 e. The summed E-state index contributed by atoms with van der Waals surface area (Å²) in [4.78, 5) is 4.29. The standard InChI is InChI=1S/C21H27NOS.CH4O3S/c1-23-17-9-10-19-16(15-17)5-2-7-20(19)21-8-3-12-22(21)13-11-18-6-4-14-24-18;1-5(2,3)4/h4,6,9-10,14-15,20-21H,2-3,5,7-8,11-13H2,1H3;1H3,(H,2,3,4). The number of benzene rings is 1. The van der Waals surface area contributed by atoms with Crippen molar-refractivity contribution in [2.24, 2.45) is 0 Å². The second-order valence-corrected chi connectivity index (χ2v) is 10.4. The number of thiophene rings is 1. The summed E-state index contributed by atoms with van der Waals surface area (Å²) in [5.74, 6) is 1.72. The summed E-state index contributed by atoms with van der Waals surface area (Å²) in [7, 11) is -1.90. The van der Waals surface area contributed by atoms with E-state index in [1.165, 1.54) is 62.1 Å². The van der Waals surface area contributed by atoms with Gasteiger partial charge >= 0.3 is 0 Å². The van der Waals surface area contributed by atoms with Crippen LogP contribution in [-0.4, -0.2) is 50.4 Å². The number of ether oxygens (including phenoxy) is 1. The van der Waals surface area contributed by atoms with Gasteiger partial charge in [-0.25, -0.2) is 0 Å². The van der Waals surface area contributed by atoms with Crippen LogP contribution in [0.25, 0.3) is 0 Å². The molecule has 2 atom stereocenters. The Morgan fingerprint density at radius 1 is 1.24 bits per heavy atom. The van der Waals surface area contributed by atoms with Crippen molar-refractivity contribution >= 4 is 21.5 Å². The highest BCUT2D eigenvalue weighted by Gasteiger charge is 2.34. The number of hydrogen-bond donors (Lipinski definition) is 1. The van der Waals surface area contributed by atoms with E-state index in [0.717, 1.165) is 11.8 Å². The van der Waals surface area contributed by atoms with Gasteiger partial charge in [-0.2, -0.15) is 8.42 Å². The van der Waals surface area contributed by atoms with Crippen LogP contribution in [0.4, 0.5) is 0 Å². The maximum Gasteiger partial charge on any atom is 0.261 e. The van der Waals surface area contributed by atoms with Gasteiger partial charge in [0.05, 0.1) is 13.4 Å². The summed E-state index contributed by atoms with van der Waals surface area (Å²) in [5.41, 5.74) is 3.12. The molecule has 1 fully saturated rings. The summed E-state index contributed by atoms with van der Waals surface area (Å²) in [6.07, 6.45) is 8.52. The fourth-order valence-corrected chi connectivity index (χ4v) is 5.35. The first-order chi connectivity index (χ1) is 13.8. The molecule has 5 nitrogen and oxygen atoms in total. The molecule has 0 saturated carbocycles. The molecular weight excluding hydrogens is 406 g/mol. The Morgan fingerprint density at radius 3 is 2.72 bits per heavy atom. The Labute approximate surface area is 178 Å². The summed E-state index contributed by atoms with van der Waals surface area (Å²) in [6, 6.07) is 11.9. The first kappa shape index (κ1) is 22.3. The van der Waals surface area contributed by atoms with Crippen LogP contribution in [0.15, 0.2) is 35.7 Å². The first-order valence-corrected chi connectivity index (χ1v) is 12.9. The van der Waals surface area contributed by atoms with E-state index in [1.807, 2.05) is 11.3 Å². The number of methoxy groups -OCH3 is 1. The zero-order valence-corrected chi connectivity index (χ0v) is 18.8. The van der Waals surface area contributed by atoms with Gasteiger partial charge in [0.2, 0.25) is 0 Å². The van der Waals surface area contributed by atoms with E-state index in [-0.39, 0.29) is 0 Å². The Morgan fingerprint density at radius 2 is 2.03 bits per heavy atom. The van der Waals surface area contributed by atoms with Crippen molar-refractivity contribution in [1.82, 2.24) is 4.90 Å². The predicted octanol–water partition coefficient (Wildman–Crippen LogP) is 4.39. The minimum absolute atomic E-state index is 0.713. The Kier molecular flexibility index (Phi) is 7.73. The third-order valence-electron chi connectivity index (χ3n) is 5.82. The quantitative estimate of drug-likeness (QED) is 0.703. The second-order valence-electron chi connectivity index (χ2n) is 7.87. The van der Waals surface area contributed by atoms with Gasteiger partial charge in [0.1, 0.15) is 5.75 Å². The van der Waals surface area contributed by atoms with Crippen LogP contribution < -0.4 is 4.74 Å². The normalized spacial score (nSPS) is 21.9. The van der Waals surface area contributed by atoms with E-state index >= 15 is 0 Å². The van der Waals surface area contributed by atoms with Crippen molar-refractivity contribution < 1.29 is 17.7 Å². The first-order valence-electron chi connectivity index (χ1n) is 10.2. The van der Waals surface area contributed by atoms with Crippen molar-refractivity contribution in [2.45, 2.75) is 50.5 Å². The molecule has 2 heterocycles.